The molecular formula is C12H20N4O2. The normalized spacial score (nSPS) is 11.0. The van der Waals surface area contributed by atoms with Crippen molar-refractivity contribution in [2.75, 3.05) is 25.5 Å². The first-order valence-electron chi connectivity index (χ1n) is 5.93. The fourth-order valence-corrected chi connectivity index (χ4v) is 1.37. The van der Waals surface area contributed by atoms with Gasteiger partial charge in [0.25, 0.3) is 0 Å². The molecule has 100 valence electrons. The van der Waals surface area contributed by atoms with Crippen molar-refractivity contribution in [2.45, 2.75) is 26.8 Å². The van der Waals surface area contributed by atoms with Crippen LogP contribution in [0.25, 0.3) is 0 Å². The molecular weight excluding hydrogens is 232 g/mol. The third-order valence-corrected chi connectivity index (χ3v) is 2.78. The average molecular weight is 252 g/mol. The number of likely N-dealkylation sites (N-methyl/N-ethyl adjacent to an activating group) is 1. The fourth-order valence-electron chi connectivity index (χ4n) is 1.37. The van der Waals surface area contributed by atoms with E-state index < -0.39 is 5.97 Å². The van der Waals surface area contributed by atoms with Gasteiger partial charge in [-0.2, -0.15) is 0 Å². The van der Waals surface area contributed by atoms with Gasteiger partial charge in [-0.3, -0.25) is 0 Å². The first-order valence-corrected chi connectivity index (χ1v) is 5.93. The van der Waals surface area contributed by atoms with Crippen LogP contribution in [-0.2, 0) is 0 Å². The zero-order chi connectivity index (χ0) is 13.7. The molecule has 2 N–H and O–H groups in total. The van der Waals surface area contributed by atoms with Gasteiger partial charge in [-0.15, -0.1) is 0 Å². The number of hydrogen-bond donors (Lipinski definition) is 2. The lowest BCUT2D eigenvalue weighted by Crippen LogP contribution is -2.31. The van der Waals surface area contributed by atoms with Crippen molar-refractivity contribution in [3.63, 3.8) is 0 Å². The van der Waals surface area contributed by atoms with Gasteiger partial charge in [-0.25, -0.2) is 14.8 Å². The van der Waals surface area contributed by atoms with E-state index in [4.69, 9.17) is 5.11 Å². The minimum atomic E-state index is -1.02. The quantitative estimate of drug-likeness (QED) is 0.793. The molecule has 0 aromatic carbocycles. The van der Waals surface area contributed by atoms with Crippen LogP contribution in [0.4, 0.5) is 5.82 Å². The maximum atomic E-state index is 11.0. The number of rotatable bonds is 6. The Morgan fingerprint density at radius 1 is 1.56 bits per heavy atom. The lowest BCUT2D eigenvalue weighted by molar-refractivity contribution is 0.0697. The molecule has 0 unspecified atom stereocenters. The number of aryl methyl sites for hydroxylation is 1. The maximum absolute atomic E-state index is 11.0. The van der Waals surface area contributed by atoms with Crippen molar-refractivity contribution in [3.05, 3.63) is 17.6 Å². The van der Waals surface area contributed by atoms with Gasteiger partial charge in [0, 0.05) is 25.3 Å². The molecule has 1 aromatic heterocycles. The maximum Gasteiger partial charge on any atom is 0.341 e. The van der Waals surface area contributed by atoms with E-state index in [1.807, 2.05) is 7.05 Å². The van der Waals surface area contributed by atoms with Crippen LogP contribution in [0.1, 0.15) is 30.0 Å². The lowest BCUT2D eigenvalue weighted by Gasteiger charge is -2.21. The summed E-state index contributed by atoms with van der Waals surface area (Å²) < 4.78 is 0. The van der Waals surface area contributed by atoms with Crippen molar-refractivity contribution in [1.82, 2.24) is 14.9 Å². The first-order chi connectivity index (χ1) is 8.41. The molecule has 6 nitrogen and oxygen atoms in total. The van der Waals surface area contributed by atoms with Crippen LogP contribution in [-0.4, -0.2) is 52.1 Å². The van der Waals surface area contributed by atoms with E-state index in [1.165, 1.54) is 6.20 Å². The van der Waals surface area contributed by atoms with Crippen LogP contribution < -0.4 is 5.32 Å². The molecule has 0 saturated heterocycles. The number of aromatic carboxylic acids is 1. The highest BCUT2D eigenvalue weighted by atomic mass is 16.4. The molecule has 1 heterocycles. The van der Waals surface area contributed by atoms with Crippen molar-refractivity contribution in [2.24, 2.45) is 0 Å². The molecule has 0 spiro atoms. The van der Waals surface area contributed by atoms with Crippen LogP contribution in [0.15, 0.2) is 6.20 Å². The molecule has 1 aromatic rings. The van der Waals surface area contributed by atoms with E-state index in [1.54, 1.807) is 6.92 Å². The number of carbonyl (C=O) groups is 1. The van der Waals surface area contributed by atoms with Gasteiger partial charge in [0.1, 0.15) is 17.2 Å². The molecule has 18 heavy (non-hydrogen) atoms. The topological polar surface area (TPSA) is 78.3 Å². The first kappa shape index (κ1) is 14.4. The highest BCUT2D eigenvalue weighted by molar-refractivity contribution is 5.92. The van der Waals surface area contributed by atoms with Gasteiger partial charge >= 0.3 is 5.97 Å². The second kappa shape index (κ2) is 6.30. The molecule has 6 heteroatoms. The number of hydrogen-bond acceptors (Lipinski definition) is 5. The highest BCUT2D eigenvalue weighted by Gasteiger charge is 2.12. The molecule has 0 saturated carbocycles. The lowest BCUT2D eigenvalue weighted by atomic mass is 10.3. The van der Waals surface area contributed by atoms with Gasteiger partial charge in [-0.1, -0.05) is 0 Å². The number of aromatic nitrogens is 2. The van der Waals surface area contributed by atoms with Gasteiger partial charge in [0.15, 0.2) is 0 Å². The predicted octanol–water partition coefficient (Wildman–Crippen LogP) is 1.24. The zero-order valence-electron chi connectivity index (χ0n) is 11.3. The summed E-state index contributed by atoms with van der Waals surface area (Å²) in [7, 11) is 2.02. The molecule has 0 amide bonds. The number of carboxylic acid groups (broad SMARTS) is 1. The van der Waals surface area contributed by atoms with E-state index in [0.717, 1.165) is 6.54 Å². The molecule has 0 aliphatic rings. The van der Waals surface area contributed by atoms with Crippen molar-refractivity contribution in [3.8, 4) is 0 Å². The summed E-state index contributed by atoms with van der Waals surface area (Å²) in [5.74, 6) is -0.0819. The fraction of sp³-hybridized carbons (Fsp3) is 0.583. The summed E-state index contributed by atoms with van der Waals surface area (Å²) in [5, 5.41) is 12.1. The third-order valence-electron chi connectivity index (χ3n) is 2.78. The molecule has 0 aliphatic carbocycles. The number of nitrogens with zero attached hydrogens (tertiary/aromatic N) is 3. The summed E-state index contributed by atoms with van der Waals surface area (Å²) >= 11 is 0. The Morgan fingerprint density at radius 3 is 2.78 bits per heavy atom. The summed E-state index contributed by atoms with van der Waals surface area (Å²) in [4.78, 5) is 21.2. The molecule has 1 rings (SSSR count). The number of nitrogens with one attached hydrogen (secondary N) is 1. The Balaban J connectivity index is 2.66. The number of carboxylic acids is 1. The summed E-state index contributed by atoms with van der Waals surface area (Å²) in [6, 6.07) is 0.456. The van der Waals surface area contributed by atoms with E-state index in [9.17, 15) is 4.79 Å². The summed E-state index contributed by atoms with van der Waals surface area (Å²) in [6.07, 6.45) is 1.33. The largest absolute Gasteiger partial charge is 0.477 e. The Hall–Kier alpha value is -1.69. The number of anilines is 1. The van der Waals surface area contributed by atoms with Crippen LogP contribution >= 0.6 is 0 Å². The molecule has 0 bridgehead atoms. The summed E-state index contributed by atoms with van der Waals surface area (Å²) in [5.41, 5.74) is 0.104. The Kier molecular flexibility index (Phi) is 5.03. The van der Waals surface area contributed by atoms with Gasteiger partial charge in [-0.05, 0) is 27.8 Å². The van der Waals surface area contributed by atoms with E-state index >= 15 is 0 Å². The Morgan fingerprint density at radius 2 is 2.22 bits per heavy atom. The smallest absolute Gasteiger partial charge is 0.341 e. The van der Waals surface area contributed by atoms with Gasteiger partial charge in [0.2, 0.25) is 0 Å². The van der Waals surface area contributed by atoms with Crippen molar-refractivity contribution < 1.29 is 9.90 Å². The molecule has 0 atom stereocenters. The summed E-state index contributed by atoms with van der Waals surface area (Å²) in [6.45, 7) is 7.41. The van der Waals surface area contributed by atoms with E-state index in [-0.39, 0.29) is 5.56 Å². The average Bonchev–Trinajstić information content (AvgIpc) is 2.28. The standard InChI is InChI=1S/C12H20N4O2/c1-8(2)16(4)6-5-13-11-10(12(17)18)7-14-9(3)15-11/h7-8H,5-6H2,1-4H3,(H,17,18)(H,13,14,15). The predicted molar refractivity (Wildman–Crippen MR) is 70.0 cm³/mol. The minimum Gasteiger partial charge on any atom is -0.477 e. The zero-order valence-corrected chi connectivity index (χ0v) is 11.3. The van der Waals surface area contributed by atoms with Crippen LogP contribution in [0, 0.1) is 6.92 Å². The van der Waals surface area contributed by atoms with Crippen LogP contribution in [0.5, 0.6) is 0 Å². The second-order valence-corrected chi connectivity index (χ2v) is 4.49. The molecule has 0 fully saturated rings. The Labute approximate surface area is 107 Å². The molecule has 0 radical (unpaired) electrons. The van der Waals surface area contributed by atoms with Crippen LogP contribution in [0.3, 0.4) is 0 Å². The Bertz CT molecular complexity index is 421. The van der Waals surface area contributed by atoms with E-state index in [0.29, 0.717) is 24.2 Å². The highest BCUT2D eigenvalue weighted by Crippen LogP contribution is 2.11. The van der Waals surface area contributed by atoms with Crippen molar-refractivity contribution >= 4 is 11.8 Å². The second-order valence-electron chi connectivity index (χ2n) is 4.49. The monoisotopic (exact) mass is 252 g/mol. The third kappa shape index (κ3) is 3.96. The minimum absolute atomic E-state index is 0.104. The SMILES string of the molecule is Cc1ncc(C(=O)O)c(NCCN(C)C(C)C)n1. The van der Waals surface area contributed by atoms with Crippen LogP contribution in [0.2, 0.25) is 0 Å². The molecule has 0 aliphatic heterocycles. The van der Waals surface area contributed by atoms with E-state index in [2.05, 4.69) is 34.0 Å². The van der Waals surface area contributed by atoms with Gasteiger partial charge in [0.05, 0.1) is 0 Å². The van der Waals surface area contributed by atoms with Gasteiger partial charge < -0.3 is 15.3 Å². The van der Waals surface area contributed by atoms with Crippen molar-refractivity contribution in [1.29, 1.82) is 0 Å².